The molecule has 1 aliphatic rings. The van der Waals surface area contributed by atoms with Crippen LogP contribution in [0.3, 0.4) is 0 Å². The molecular formula is C19H18BrN3O2. The Kier molecular flexibility index (Phi) is 4.55. The summed E-state index contributed by atoms with van der Waals surface area (Å²) in [5.74, 6) is -0.0278. The second-order valence-electron chi connectivity index (χ2n) is 6.13. The molecule has 6 heteroatoms. The number of nitrogens with zero attached hydrogens (tertiary/aromatic N) is 2. The van der Waals surface area contributed by atoms with Crippen molar-refractivity contribution in [3.63, 3.8) is 0 Å². The van der Waals surface area contributed by atoms with Gasteiger partial charge in [-0.3, -0.25) is 4.79 Å². The summed E-state index contributed by atoms with van der Waals surface area (Å²) in [7, 11) is 0. The zero-order chi connectivity index (χ0) is 17.2. The predicted octanol–water partition coefficient (Wildman–Crippen LogP) is 3.42. The van der Waals surface area contributed by atoms with Crippen molar-refractivity contribution in [2.45, 2.75) is 25.5 Å². The SMILES string of the molecule is O=C(CC1OCCc2ccccc21)NCc1cn2cc(Br)ccc2n1. The number of benzene rings is 1. The maximum atomic E-state index is 12.3. The first-order chi connectivity index (χ1) is 12.2. The molecule has 5 nitrogen and oxygen atoms in total. The summed E-state index contributed by atoms with van der Waals surface area (Å²) in [6.07, 6.45) is 4.94. The van der Waals surface area contributed by atoms with Gasteiger partial charge in [-0.15, -0.1) is 0 Å². The molecule has 128 valence electrons. The average molecular weight is 400 g/mol. The summed E-state index contributed by atoms with van der Waals surface area (Å²) in [6, 6.07) is 12.1. The molecule has 4 rings (SSSR count). The molecule has 1 aliphatic heterocycles. The fourth-order valence-corrected chi connectivity index (χ4v) is 3.53. The van der Waals surface area contributed by atoms with Crippen molar-refractivity contribution in [2.75, 3.05) is 6.61 Å². The molecule has 1 amide bonds. The molecule has 0 saturated carbocycles. The van der Waals surface area contributed by atoms with Crippen LogP contribution in [0, 0.1) is 0 Å². The topological polar surface area (TPSA) is 55.6 Å². The van der Waals surface area contributed by atoms with Crippen molar-refractivity contribution in [1.82, 2.24) is 14.7 Å². The number of pyridine rings is 1. The second-order valence-corrected chi connectivity index (χ2v) is 7.05. The molecule has 2 aromatic heterocycles. The largest absolute Gasteiger partial charge is 0.373 e. The molecule has 0 saturated heterocycles. The Hall–Kier alpha value is -2.18. The molecule has 0 aliphatic carbocycles. The van der Waals surface area contributed by atoms with Gasteiger partial charge in [0.05, 0.1) is 31.4 Å². The van der Waals surface area contributed by atoms with E-state index in [2.05, 4.69) is 32.3 Å². The minimum absolute atomic E-state index is 0.0278. The van der Waals surface area contributed by atoms with Crippen molar-refractivity contribution in [1.29, 1.82) is 0 Å². The molecule has 1 atom stereocenters. The Bertz CT molecular complexity index is 922. The number of halogens is 1. The first-order valence-electron chi connectivity index (χ1n) is 8.28. The predicted molar refractivity (Wildman–Crippen MR) is 98.2 cm³/mol. The molecule has 25 heavy (non-hydrogen) atoms. The minimum Gasteiger partial charge on any atom is -0.373 e. The van der Waals surface area contributed by atoms with E-state index in [0.29, 0.717) is 19.6 Å². The summed E-state index contributed by atoms with van der Waals surface area (Å²) in [5.41, 5.74) is 4.09. The van der Waals surface area contributed by atoms with Crippen molar-refractivity contribution in [3.8, 4) is 0 Å². The quantitative estimate of drug-likeness (QED) is 0.730. The summed E-state index contributed by atoms with van der Waals surface area (Å²) < 4.78 is 8.73. The summed E-state index contributed by atoms with van der Waals surface area (Å²) in [4.78, 5) is 16.8. The number of ether oxygens (including phenoxy) is 1. The molecule has 3 heterocycles. The number of hydrogen-bond donors (Lipinski definition) is 1. The number of hydrogen-bond acceptors (Lipinski definition) is 3. The normalized spacial score (nSPS) is 16.6. The number of rotatable bonds is 4. The molecule has 1 N–H and O–H groups in total. The van der Waals surface area contributed by atoms with Crippen LogP contribution in [0.15, 0.2) is 53.3 Å². The van der Waals surface area contributed by atoms with E-state index in [-0.39, 0.29) is 12.0 Å². The lowest BCUT2D eigenvalue weighted by Crippen LogP contribution is -2.27. The van der Waals surface area contributed by atoms with Crippen LogP contribution in [-0.4, -0.2) is 21.9 Å². The van der Waals surface area contributed by atoms with Gasteiger partial charge in [-0.05, 0) is 45.6 Å². The third kappa shape index (κ3) is 3.60. The third-order valence-electron chi connectivity index (χ3n) is 4.39. The molecular weight excluding hydrogens is 382 g/mol. The maximum absolute atomic E-state index is 12.3. The van der Waals surface area contributed by atoms with E-state index in [1.807, 2.05) is 47.1 Å². The van der Waals surface area contributed by atoms with Crippen LogP contribution in [0.5, 0.6) is 0 Å². The van der Waals surface area contributed by atoms with Crippen LogP contribution in [0.25, 0.3) is 5.65 Å². The van der Waals surface area contributed by atoms with Crippen LogP contribution in [0.2, 0.25) is 0 Å². The lowest BCUT2D eigenvalue weighted by molar-refractivity contribution is -0.124. The van der Waals surface area contributed by atoms with E-state index in [9.17, 15) is 4.79 Å². The Labute approximate surface area is 154 Å². The van der Waals surface area contributed by atoms with Gasteiger partial charge in [0.25, 0.3) is 0 Å². The smallest absolute Gasteiger partial charge is 0.223 e. The van der Waals surface area contributed by atoms with E-state index in [1.165, 1.54) is 5.56 Å². The van der Waals surface area contributed by atoms with Gasteiger partial charge in [-0.25, -0.2) is 4.98 Å². The van der Waals surface area contributed by atoms with E-state index >= 15 is 0 Å². The second kappa shape index (κ2) is 6.98. The lowest BCUT2D eigenvalue weighted by Gasteiger charge is -2.25. The summed E-state index contributed by atoms with van der Waals surface area (Å²) in [6.45, 7) is 1.07. The standard InChI is InChI=1S/C19H18BrN3O2/c20-14-5-6-18-22-15(12-23(18)11-14)10-21-19(24)9-17-16-4-2-1-3-13(16)7-8-25-17/h1-6,11-12,17H,7-10H2,(H,21,24). The van der Waals surface area contributed by atoms with Gasteiger partial charge in [0, 0.05) is 16.9 Å². The van der Waals surface area contributed by atoms with Crippen molar-refractivity contribution < 1.29 is 9.53 Å². The highest BCUT2D eigenvalue weighted by Gasteiger charge is 2.23. The zero-order valence-corrected chi connectivity index (χ0v) is 15.2. The Morgan fingerprint density at radius 2 is 2.16 bits per heavy atom. The highest BCUT2D eigenvalue weighted by molar-refractivity contribution is 9.10. The average Bonchev–Trinajstić information content (AvgIpc) is 3.02. The van der Waals surface area contributed by atoms with E-state index < -0.39 is 0 Å². The fourth-order valence-electron chi connectivity index (χ4n) is 3.18. The van der Waals surface area contributed by atoms with Gasteiger partial charge in [0.15, 0.2) is 0 Å². The number of imidazole rings is 1. The van der Waals surface area contributed by atoms with Crippen LogP contribution < -0.4 is 5.32 Å². The maximum Gasteiger partial charge on any atom is 0.223 e. The lowest BCUT2D eigenvalue weighted by atomic mass is 9.95. The van der Waals surface area contributed by atoms with Crippen molar-refractivity contribution in [3.05, 3.63) is 70.1 Å². The molecule has 0 fully saturated rings. The van der Waals surface area contributed by atoms with Gasteiger partial charge in [0.2, 0.25) is 5.91 Å². The molecule has 0 spiro atoms. The number of carbonyl (C=O) groups is 1. The summed E-state index contributed by atoms with van der Waals surface area (Å²) in [5, 5.41) is 2.95. The fraction of sp³-hybridized carbons (Fsp3) is 0.263. The highest BCUT2D eigenvalue weighted by Crippen LogP contribution is 2.29. The number of nitrogens with one attached hydrogen (secondary N) is 1. The first kappa shape index (κ1) is 16.3. The Morgan fingerprint density at radius 3 is 3.08 bits per heavy atom. The van der Waals surface area contributed by atoms with Gasteiger partial charge < -0.3 is 14.5 Å². The van der Waals surface area contributed by atoms with Crippen molar-refractivity contribution in [2.24, 2.45) is 0 Å². The van der Waals surface area contributed by atoms with E-state index in [4.69, 9.17) is 4.74 Å². The number of carbonyl (C=O) groups excluding carboxylic acids is 1. The molecule has 0 bridgehead atoms. The summed E-state index contributed by atoms with van der Waals surface area (Å²) >= 11 is 3.44. The van der Waals surface area contributed by atoms with Crippen molar-refractivity contribution >= 4 is 27.5 Å². The van der Waals surface area contributed by atoms with Crippen LogP contribution >= 0.6 is 15.9 Å². The molecule has 0 radical (unpaired) electrons. The van der Waals surface area contributed by atoms with Crippen LogP contribution in [0.1, 0.15) is 29.3 Å². The Balaban J connectivity index is 1.39. The molecule has 1 aromatic carbocycles. The van der Waals surface area contributed by atoms with E-state index in [1.54, 1.807) is 0 Å². The van der Waals surface area contributed by atoms with E-state index in [0.717, 1.165) is 27.8 Å². The molecule has 3 aromatic rings. The van der Waals surface area contributed by atoms with Gasteiger partial charge in [-0.2, -0.15) is 0 Å². The monoisotopic (exact) mass is 399 g/mol. The highest BCUT2D eigenvalue weighted by atomic mass is 79.9. The minimum atomic E-state index is -0.165. The number of aromatic nitrogens is 2. The van der Waals surface area contributed by atoms with Crippen LogP contribution in [0.4, 0.5) is 0 Å². The Morgan fingerprint density at radius 1 is 1.28 bits per heavy atom. The third-order valence-corrected chi connectivity index (χ3v) is 4.86. The van der Waals surface area contributed by atoms with Gasteiger partial charge in [-0.1, -0.05) is 24.3 Å². The van der Waals surface area contributed by atoms with Gasteiger partial charge in [0.1, 0.15) is 5.65 Å². The number of fused-ring (bicyclic) bond motifs is 2. The number of amides is 1. The molecule has 1 unspecified atom stereocenters. The first-order valence-corrected chi connectivity index (χ1v) is 9.07. The van der Waals surface area contributed by atoms with Crippen LogP contribution in [-0.2, 0) is 22.5 Å². The zero-order valence-electron chi connectivity index (χ0n) is 13.6. The van der Waals surface area contributed by atoms with Gasteiger partial charge >= 0.3 is 0 Å².